The van der Waals surface area contributed by atoms with Crippen molar-refractivity contribution in [2.24, 2.45) is 0 Å². The fourth-order valence-corrected chi connectivity index (χ4v) is 21.3. The number of fused-ring (bicyclic) bond motifs is 12. The first-order valence-electron chi connectivity index (χ1n) is 16.2. The van der Waals surface area contributed by atoms with Crippen LogP contribution in [0, 0.1) is 0 Å². The Morgan fingerprint density at radius 1 is 0.478 bits per heavy atom. The SMILES string of the molecule is CCC1=C2c3c(ccc4ccccc34)[CH]1[Zr+2][CH]1C(CC)=C(c3c1ccc1ccccc31)[Si]2(c1ccccc1)c1ccccc1.[Cl-].[Cl-]. The molecule has 0 amide bonds. The van der Waals surface area contributed by atoms with E-state index in [2.05, 4.69) is 147 Å². The van der Waals surface area contributed by atoms with Gasteiger partial charge in [0, 0.05) is 0 Å². The fourth-order valence-electron chi connectivity index (χ4n) is 9.01. The number of benzene rings is 6. The predicted octanol–water partition coefficient (Wildman–Crippen LogP) is 3.58. The van der Waals surface area contributed by atoms with Gasteiger partial charge in [0.1, 0.15) is 0 Å². The summed E-state index contributed by atoms with van der Waals surface area (Å²) in [5, 5.41) is 12.1. The third-order valence-corrected chi connectivity index (χ3v) is 20.6. The van der Waals surface area contributed by atoms with Crippen LogP contribution in [0.3, 0.4) is 0 Å². The maximum atomic E-state index is 2.54. The van der Waals surface area contributed by atoms with Crippen LogP contribution in [0.15, 0.2) is 145 Å². The first kappa shape index (κ1) is 31.6. The summed E-state index contributed by atoms with van der Waals surface area (Å²) < 4.78 is 1.20. The second-order valence-corrected chi connectivity index (χ2v) is 19.8. The molecular weight excluding hydrogens is 695 g/mol. The van der Waals surface area contributed by atoms with E-state index in [1.807, 2.05) is 0 Å². The van der Waals surface area contributed by atoms with Gasteiger partial charge in [0.05, 0.1) is 0 Å². The second-order valence-electron chi connectivity index (χ2n) is 12.5. The van der Waals surface area contributed by atoms with Crippen molar-refractivity contribution in [2.45, 2.75) is 33.9 Å². The minimum absolute atomic E-state index is 0. The largest absolute Gasteiger partial charge is 1.00 e. The van der Waals surface area contributed by atoms with Crippen LogP contribution in [-0.4, -0.2) is 8.07 Å². The van der Waals surface area contributed by atoms with Crippen molar-refractivity contribution in [1.29, 1.82) is 0 Å². The van der Waals surface area contributed by atoms with Gasteiger partial charge < -0.3 is 24.8 Å². The summed E-state index contributed by atoms with van der Waals surface area (Å²) in [5.41, 5.74) is 9.97. The molecule has 2 aliphatic carbocycles. The van der Waals surface area contributed by atoms with E-state index in [1.54, 1.807) is 43.8 Å². The number of hydrogen-bond acceptors (Lipinski definition) is 0. The predicted molar refractivity (Wildman–Crippen MR) is 186 cm³/mol. The molecule has 2 unspecified atom stereocenters. The zero-order valence-electron chi connectivity index (χ0n) is 26.0. The summed E-state index contributed by atoms with van der Waals surface area (Å²) >= 11 is -1.00. The summed E-state index contributed by atoms with van der Waals surface area (Å²) in [6.45, 7) is 4.90. The normalized spacial score (nSPS) is 18.5. The maximum Gasteiger partial charge on any atom is -1.00 e. The quantitative estimate of drug-likeness (QED) is 0.244. The van der Waals surface area contributed by atoms with E-state index in [0.29, 0.717) is 7.25 Å². The zero-order chi connectivity index (χ0) is 29.4. The number of hydrogen-bond donors (Lipinski definition) is 0. The van der Waals surface area contributed by atoms with Crippen LogP contribution in [0.1, 0.15) is 56.2 Å². The summed E-state index contributed by atoms with van der Waals surface area (Å²) in [6, 6.07) is 51.9. The number of rotatable bonds is 4. The van der Waals surface area contributed by atoms with Crippen molar-refractivity contribution in [3.8, 4) is 0 Å². The average Bonchev–Trinajstić information content (AvgIpc) is 3.61. The molecule has 0 saturated heterocycles. The van der Waals surface area contributed by atoms with E-state index in [0.717, 1.165) is 12.8 Å². The van der Waals surface area contributed by atoms with Crippen LogP contribution < -0.4 is 35.2 Å². The summed E-state index contributed by atoms with van der Waals surface area (Å²) in [7, 11) is -2.81. The second kappa shape index (κ2) is 12.2. The van der Waals surface area contributed by atoms with Gasteiger partial charge in [-0.15, -0.1) is 0 Å². The summed E-state index contributed by atoms with van der Waals surface area (Å²) in [5.74, 6) is 0. The van der Waals surface area contributed by atoms with Crippen molar-refractivity contribution >= 4 is 50.4 Å². The molecule has 4 bridgehead atoms. The summed E-state index contributed by atoms with van der Waals surface area (Å²) in [4.78, 5) is 0. The van der Waals surface area contributed by atoms with Gasteiger partial charge in [0.2, 0.25) is 0 Å². The molecule has 6 aromatic carbocycles. The molecule has 0 N–H and O–H groups in total. The molecule has 6 aromatic rings. The molecule has 0 spiro atoms. The molecule has 0 aromatic heterocycles. The topological polar surface area (TPSA) is 0 Å². The van der Waals surface area contributed by atoms with Crippen molar-refractivity contribution in [3.63, 3.8) is 0 Å². The van der Waals surface area contributed by atoms with Gasteiger partial charge in [-0.3, -0.25) is 0 Å². The minimum atomic E-state index is -2.81. The first-order valence-corrected chi connectivity index (χ1v) is 21.0. The van der Waals surface area contributed by atoms with Gasteiger partial charge in [0.25, 0.3) is 0 Å². The summed E-state index contributed by atoms with van der Waals surface area (Å²) in [6.07, 6.45) is 2.24. The van der Waals surface area contributed by atoms with E-state index in [1.165, 1.54) is 31.9 Å². The smallest absolute Gasteiger partial charge is 1.00 e. The van der Waals surface area contributed by atoms with Gasteiger partial charge in [-0.05, 0) is 0 Å². The molecule has 224 valence electrons. The van der Waals surface area contributed by atoms with E-state index in [-0.39, 0.29) is 24.8 Å². The third kappa shape index (κ3) is 4.20. The monoisotopic (exact) mass is 726 g/mol. The van der Waals surface area contributed by atoms with E-state index < -0.39 is 31.3 Å². The molecule has 0 saturated carbocycles. The molecule has 0 fully saturated rings. The molecule has 0 radical (unpaired) electrons. The van der Waals surface area contributed by atoms with Crippen LogP contribution in [0.25, 0.3) is 31.9 Å². The average molecular weight is 729 g/mol. The van der Waals surface area contributed by atoms with Gasteiger partial charge in [-0.2, -0.15) is 0 Å². The first-order chi connectivity index (χ1) is 21.8. The van der Waals surface area contributed by atoms with Crippen LogP contribution in [0.4, 0.5) is 0 Å². The molecule has 0 nitrogen and oxygen atoms in total. The van der Waals surface area contributed by atoms with E-state index >= 15 is 0 Å². The van der Waals surface area contributed by atoms with Crippen LogP contribution in [-0.2, 0) is 23.2 Å². The third-order valence-electron chi connectivity index (χ3n) is 10.6. The van der Waals surface area contributed by atoms with Gasteiger partial charge in [0.15, 0.2) is 0 Å². The molecular formula is C42H34Cl2SiZr. The molecule has 9 rings (SSSR count). The molecule has 1 heterocycles. The van der Waals surface area contributed by atoms with Crippen LogP contribution >= 0.6 is 0 Å². The minimum Gasteiger partial charge on any atom is -1.00 e. The Labute approximate surface area is 297 Å². The Bertz CT molecular complexity index is 2030. The molecule has 46 heavy (non-hydrogen) atoms. The van der Waals surface area contributed by atoms with Crippen molar-refractivity contribution in [1.82, 2.24) is 0 Å². The van der Waals surface area contributed by atoms with E-state index in [9.17, 15) is 0 Å². The maximum absolute atomic E-state index is 2.81. The Kier molecular flexibility index (Phi) is 8.39. The van der Waals surface area contributed by atoms with Crippen molar-refractivity contribution < 1.29 is 48.0 Å². The van der Waals surface area contributed by atoms with Crippen molar-refractivity contribution in [3.05, 3.63) is 167 Å². The van der Waals surface area contributed by atoms with E-state index in [4.69, 9.17) is 0 Å². The molecule has 3 aliphatic rings. The molecule has 4 heteroatoms. The number of halogens is 2. The van der Waals surface area contributed by atoms with Gasteiger partial charge in [-0.1, -0.05) is 0 Å². The molecule has 2 atom stereocenters. The van der Waals surface area contributed by atoms with Crippen molar-refractivity contribution in [2.75, 3.05) is 0 Å². The van der Waals surface area contributed by atoms with Gasteiger partial charge >= 0.3 is 274 Å². The van der Waals surface area contributed by atoms with Crippen LogP contribution in [0.2, 0.25) is 0 Å². The zero-order valence-corrected chi connectivity index (χ0v) is 31.0. The standard InChI is InChI=1S/C42H34Si.2ClH.Zr/c1-3-29-27-33-25-23-31-15-11-13-21-37(31)39(33)41(29)43(35-17-7-5-8-18-35,36-19-9-6-10-20-36)42-30(4-2)28-34-26-24-32-16-12-14-22-38(32)40(34)42;;;/h5-28H,3-4H2,1-2H3;2*1H;/q;;;+2/p-2. The fraction of sp³-hybridized carbons (Fsp3) is 0.143. The van der Waals surface area contributed by atoms with Gasteiger partial charge in [-0.25, -0.2) is 0 Å². The Balaban J connectivity index is 0.00000169. The number of allylic oxidation sites excluding steroid dienone is 2. The van der Waals surface area contributed by atoms with Crippen LogP contribution in [0.5, 0.6) is 0 Å². The Morgan fingerprint density at radius 2 is 0.870 bits per heavy atom. The Morgan fingerprint density at radius 3 is 1.28 bits per heavy atom. The molecule has 1 aliphatic heterocycles. The Hall–Kier alpha value is -3.00.